The molecule has 1 amide bonds. The largest absolute Gasteiger partial charge is 0.365 e. The van der Waals surface area contributed by atoms with Crippen LogP contribution >= 0.6 is 0 Å². The average molecular weight is 262 g/mol. The lowest BCUT2D eigenvalue weighted by atomic mass is 10.2. The molecule has 1 atom stereocenters. The normalized spacial score (nSPS) is 18.9. The number of nitrogens with one attached hydrogen (secondary N) is 1. The summed E-state index contributed by atoms with van der Waals surface area (Å²) >= 11 is 0. The monoisotopic (exact) mass is 262 g/mol. The minimum atomic E-state index is 0.231. The molecule has 2 heterocycles. The number of hydrogen-bond donors (Lipinski definition) is 1. The van der Waals surface area contributed by atoms with E-state index in [1.54, 1.807) is 6.20 Å². The van der Waals surface area contributed by atoms with Crippen LogP contribution in [-0.4, -0.2) is 39.9 Å². The third-order valence-electron chi connectivity index (χ3n) is 3.39. The van der Waals surface area contributed by atoms with E-state index in [0.717, 1.165) is 31.2 Å². The van der Waals surface area contributed by atoms with E-state index < -0.39 is 0 Å². The predicted molar refractivity (Wildman–Crippen MR) is 75.0 cm³/mol. The molecule has 0 aromatic carbocycles. The molecule has 5 nitrogen and oxygen atoms in total. The molecule has 0 aliphatic carbocycles. The number of amides is 1. The number of likely N-dealkylation sites (tertiary alicyclic amines) is 1. The molecule has 1 aromatic rings. The maximum Gasteiger partial charge on any atom is 0.222 e. The maximum atomic E-state index is 11.6. The van der Waals surface area contributed by atoms with Crippen LogP contribution in [0, 0.1) is 0 Å². The summed E-state index contributed by atoms with van der Waals surface area (Å²) in [4.78, 5) is 22.3. The van der Waals surface area contributed by atoms with Crippen molar-refractivity contribution >= 4 is 11.7 Å². The van der Waals surface area contributed by atoms with Crippen molar-refractivity contribution < 1.29 is 4.79 Å². The molecular weight excluding hydrogens is 240 g/mol. The summed E-state index contributed by atoms with van der Waals surface area (Å²) in [6.45, 7) is 7.68. The van der Waals surface area contributed by atoms with Gasteiger partial charge >= 0.3 is 0 Å². The maximum absolute atomic E-state index is 11.6. The molecule has 1 unspecified atom stereocenters. The van der Waals surface area contributed by atoms with E-state index in [1.165, 1.54) is 0 Å². The summed E-state index contributed by atoms with van der Waals surface area (Å²) in [6, 6.07) is 2.18. The van der Waals surface area contributed by atoms with Gasteiger partial charge in [-0.15, -0.1) is 0 Å². The number of aromatic nitrogens is 2. The Kier molecular flexibility index (Phi) is 4.35. The number of hydrogen-bond acceptors (Lipinski definition) is 4. The Hall–Kier alpha value is -1.65. The molecule has 1 N–H and O–H groups in total. The van der Waals surface area contributed by atoms with E-state index in [2.05, 4.69) is 29.1 Å². The van der Waals surface area contributed by atoms with Gasteiger partial charge in [0, 0.05) is 37.7 Å². The Labute approximate surface area is 114 Å². The second kappa shape index (κ2) is 5.99. The van der Waals surface area contributed by atoms with Gasteiger partial charge in [0.2, 0.25) is 5.91 Å². The molecule has 0 saturated carbocycles. The Balaban J connectivity index is 1.95. The van der Waals surface area contributed by atoms with Crippen LogP contribution in [0.4, 0.5) is 5.82 Å². The van der Waals surface area contributed by atoms with Crippen molar-refractivity contribution in [1.82, 2.24) is 14.9 Å². The molecule has 1 aliphatic heterocycles. The van der Waals surface area contributed by atoms with E-state index in [-0.39, 0.29) is 5.91 Å². The zero-order valence-electron chi connectivity index (χ0n) is 11.9. The fourth-order valence-electron chi connectivity index (χ4n) is 2.27. The van der Waals surface area contributed by atoms with Crippen molar-refractivity contribution in [3.05, 3.63) is 18.1 Å². The van der Waals surface area contributed by atoms with E-state index >= 15 is 0 Å². The quantitative estimate of drug-likeness (QED) is 0.902. The van der Waals surface area contributed by atoms with Gasteiger partial charge in [-0.25, -0.2) is 9.97 Å². The van der Waals surface area contributed by atoms with Crippen LogP contribution in [0.5, 0.6) is 0 Å². The molecule has 0 radical (unpaired) electrons. The summed E-state index contributed by atoms with van der Waals surface area (Å²) in [6.07, 6.45) is 3.35. The predicted octanol–water partition coefficient (Wildman–Crippen LogP) is 2.02. The topological polar surface area (TPSA) is 58.1 Å². The average Bonchev–Trinajstić information content (AvgIpc) is 2.86. The molecule has 19 heavy (non-hydrogen) atoms. The van der Waals surface area contributed by atoms with Gasteiger partial charge in [0.1, 0.15) is 11.6 Å². The third-order valence-corrected chi connectivity index (χ3v) is 3.39. The summed E-state index contributed by atoms with van der Waals surface area (Å²) < 4.78 is 0. The van der Waals surface area contributed by atoms with Gasteiger partial charge < -0.3 is 10.2 Å². The lowest BCUT2D eigenvalue weighted by molar-refractivity contribution is -0.129. The van der Waals surface area contributed by atoms with E-state index in [0.29, 0.717) is 18.4 Å². The molecular formula is C14H22N4O. The minimum absolute atomic E-state index is 0.231. The Morgan fingerprint density at radius 2 is 2.37 bits per heavy atom. The number of nitrogens with zero attached hydrogens (tertiary/aromatic N) is 3. The molecule has 5 heteroatoms. The van der Waals surface area contributed by atoms with Gasteiger partial charge in [-0.3, -0.25) is 4.79 Å². The molecule has 2 rings (SSSR count). The van der Waals surface area contributed by atoms with Gasteiger partial charge in [0.15, 0.2) is 0 Å². The number of anilines is 1. The first-order valence-electron chi connectivity index (χ1n) is 6.97. The number of carbonyl (C=O) groups excluding carboxylic acids is 1. The van der Waals surface area contributed by atoms with Crippen LogP contribution in [0.1, 0.15) is 45.4 Å². The molecule has 1 saturated heterocycles. The van der Waals surface area contributed by atoms with Crippen molar-refractivity contribution in [3.63, 3.8) is 0 Å². The van der Waals surface area contributed by atoms with Gasteiger partial charge in [-0.05, 0) is 12.5 Å². The lowest BCUT2D eigenvalue weighted by Gasteiger charge is -2.17. The van der Waals surface area contributed by atoms with Gasteiger partial charge in [0.05, 0.1) is 0 Å². The zero-order valence-corrected chi connectivity index (χ0v) is 11.9. The second-order valence-electron chi connectivity index (χ2n) is 5.28. The Morgan fingerprint density at radius 1 is 1.58 bits per heavy atom. The van der Waals surface area contributed by atoms with E-state index in [9.17, 15) is 4.79 Å². The van der Waals surface area contributed by atoms with Crippen molar-refractivity contribution in [2.45, 2.75) is 45.6 Å². The molecule has 1 fully saturated rings. The van der Waals surface area contributed by atoms with Crippen LogP contribution in [0.3, 0.4) is 0 Å². The van der Waals surface area contributed by atoms with Crippen LogP contribution in [-0.2, 0) is 4.79 Å². The summed E-state index contributed by atoms with van der Waals surface area (Å²) in [5, 5.41) is 3.40. The summed E-state index contributed by atoms with van der Waals surface area (Å²) in [5.41, 5.74) is 0. The van der Waals surface area contributed by atoms with Crippen molar-refractivity contribution in [3.8, 4) is 0 Å². The highest BCUT2D eigenvalue weighted by Crippen LogP contribution is 2.16. The van der Waals surface area contributed by atoms with Crippen molar-refractivity contribution in [2.24, 2.45) is 0 Å². The lowest BCUT2D eigenvalue weighted by Crippen LogP contribution is -2.31. The first-order valence-corrected chi connectivity index (χ1v) is 6.97. The van der Waals surface area contributed by atoms with E-state index in [1.807, 2.05) is 17.9 Å². The second-order valence-corrected chi connectivity index (χ2v) is 5.28. The molecule has 1 aliphatic rings. The molecule has 104 valence electrons. The highest BCUT2D eigenvalue weighted by molar-refractivity contribution is 5.76. The van der Waals surface area contributed by atoms with Gasteiger partial charge in [-0.1, -0.05) is 20.8 Å². The van der Waals surface area contributed by atoms with Gasteiger partial charge in [0.25, 0.3) is 0 Å². The number of carbonyl (C=O) groups is 1. The van der Waals surface area contributed by atoms with Crippen LogP contribution in [0.2, 0.25) is 0 Å². The standard InChI is InChI=1S/C14H22N4O/c1-4-13(19)18-8-6-11(9-18)16-12-5-7-15-14(17-12)10(2)3/h5,7,10-11H,4,6,8-9H2,1-3H3,(H,15,16,17). The Bertz CT molecular complexity index is 447. The van der Waals surface area contributed by atoms with E-state index in [4.69, 9.17) is 0 Å². The number of rotatable bonds is 4. The molecule has 0 spiro atoms. The first kappa shape index (κ1) is 13.8. The van der Waals surface area contributed by atoms with Crippen molar-refractivity contribution in [2.75, 3.05) is 18.4 Å². The first-order chi connectivity index (χ1) is 9.10. The van der Waals surface area contributed by atoms with Crippen molar-refractivity contribution in [1.29, 1.82) is 0 Å². The fraction of sp³-hybridized carbons (Fsp3) is 0.643. The third kappa shape index (κ3) is 3.43. The highest BCUT2D eigenvalue weighted by atomic mass is 16.2. The van der Waals surface area contributed by atoms with Gasteiger partial charge in [-0.2, -0.15) is 0 Å². The SMILES string of the molecule is CCC(=O)N1CCC(Nc2ccnc(C(C)C)n2)C1. The van der Waals surface area contributed by atoms with Crippen LogP contribution in [0.15, 0.2) is 12.3 Å². The zero-order chi connectivity index (χ0) is 13.8. The van der Waals surface area contributed by atoms with Crippen LogP contribution in [0.25, 0.3) is 0 Å². The highest BCUT2D eigenvalue weighted by Gasteiger charge is 2.25. The summed E-state index contributed by atoms with van der Waals surface area (Å²) in [7, 11) is 0. The Morgan fingerprint density at radius 3 is 3.05 bits per heavy atom. The fourth-order valence-corrected chi connectivity index (χ4v) is 2.27. The van der Waals surface area contributed by atoms with Crippen LogP contribution < -0.4 is 5.32 Å². The minimum Gasteiger partial charge on any atom is -0.365 e. The smallest absolute Gasteiger partial charge is 0.222 e. The molecule has 0 bridgehead atoms. The summed E-state index contributed by atoms with van der Waals surface area (Å²) in [5.74, 6) is 2.26. The molecule has 1 aromatic heterocycles.